The molecule has 1 atom stereocenters. The highest BCUT2D eigenvalue weighted by molar-refractivity contribution is 7.89. The molecule has 0 bridgehead atoms. The Morgan fingerprint density at radius 3 is 2.37 bits per heavy atom. The zero-order valence-corrected chi connectivity index (χ0v) is 13.1. The Morgan fingerprint density at radius 2 is 1.95 bits per heavy atom. The molecule has 1 heterocycles. The number of hydrogen-bond donors (Lipinski definition) is 2. The number of nitrogens with zero attached hydrogens (tertiary/aromatic N) is 2. The van der Waals surface area contributed by atoms with Gasteiger partial charge in [0.2, 0.25) is 10.0 Å². The minimum atomic E-state index is -3.49. The van der Waals surface area contributed by atoms with Crippen LogP contribution in [0.25, 0.3) is 0 Å². The predicted octanol–water partition coefficient (Wildman–Crippen LogP) is 1.02. The molecule has 0 spiro atoms. The molecule has 19 heavy (non-hydrogen) atoms. The molecular formula is C12H24N4O2S. The number of aryl methyl sites for hydroxylation is 2. The molecule has 1 aromatic rings. The van der Waals surface area contributed by atoms with Crippen LogP contribution in [0.2, 0.25) is 0 Å². The van der Waals surface area contributed by atoms with Crippen LogP contribution < -0.4 is 5.73 Å². The molecule has 0 aliphatic carbocycles. The van der Waals surface area contributed by atoms with E-state index in [-0.39, 0.29) is 10.9 Å². The van der Waals surface area contributed by atoms with Gasteiger partial charge in [0.1, 0.15) is 4.90 Å². The summed E-state index contributed by atoms with van der Waals surface area (Å²) < 4.78 is 26.2. The normalized spacial score (nSPS) is 14.3. The van der Waals surface area contributed by atoms with E-state index < -0.39 is 10.0 Å². The van der Waals surface area contributed by atoms with E-state index in [4.69, 9.17) is 5.73 Å². The summed E-state index contributed by atoms with van der Waals surface area (Å²) in [7, 11) is -1.92. The molecule has 0 aliphatic rings. The minimum Gasteiger partial charge on any atom is -0.327 e. The van der Waals surface area contributed by atoms with E-state index >= 15 is 0 Å². The van der Waals surface area contributed by atoms with E-state index in [2.05, 4.69) is 10.2 Å². The van der Waals surface area contributed by atoms with Gasteiger partial charge in [-0.3, -0.25) is 5.10 Å². The van der Waals surface area contributed by atoms with Gasteiger partial charge in [0.15, 0.2) is 0 Å². The molecule has 1 rings (SSSR count). The molecule has 3 N–H and O–H groups in total. The minimum absolute atomic E-state index is 0.00388. The van der Waals surface area contributed by atoms with Gasteiger partial charge in [0, 0.05) is 19.6 Å². The van der Waals surface area contributed by atoms with Crippen molar-refractivity contribution < 1.29 is 8.42 Å². The third-order valence-corrected chi connectivity index (χ3v) is 5.48. The average Bonchev–Trinajstić information content (AvgIpc) is 2.65. The Morgan fingerprint density at radius 1 is 1.37 bits per heavy atom. The number of rotatable bonds is 6. The Balaban J connectivity index is 2.84. The van der Waals surface area contributed by atoms with Crippen LogP contribution >= 0.6 is 0 Å². The number of hydrogen-bond acceptors (Lipinski definition) is 4. The van der Waals surface area contributed by atoms with Crippen molar-refractivity contribution in [2.24, 2.45) is 11.7 Å². The third kappa shape index (κ3) is 3.55. The zero-order chi connectivity index (χ0) is 14.8. The highest BCUT2D eigenvalue weighted by atomic mass is 32.2. The van der Waals surface area contributed by atoms with Crippen molar-refractivity contribution in [3.8, 4) is 0 Å². The summed E-state index contributed by atoms with van der Waals surface area (Å²) in [5, 5.41) is 6.63. The molecule has 0 radical (unpaired) electrons. The molecule has 110 valence electrons. The van der Waals surface area contributed by atoms with Crippen molar-refractivity contribution in [2.75, 3.05) is 13.6 Å². The Bertz CT molecular complexity index is 502. The maximum absolute atomic E-state index is 12.4. The van der Waals surface area contributed by atoms with Gasteiger partial charge in [-0.15, -0.1) is 0 Å². The number of aromatic amines is 1. The van der Waals surface area contributed by atoms with Crippen LogP contribution in [0.1, 0.15) is 31.7 Å². The van der Waals surface area contributed by atoms with E-state index in [1.165, 1.54) is 4.31 Å². The molecule has 0 aliphatic heterocycles. The van der Waals surface area contributed by atoms with Crippen LogP contribution in [0.4, 0.5) is 0 Å². The Kier molecular flexibility index (Phi) is 5.11. The van der Waals surface area contributed by atoms with Crippen molar-refractivity contribution in [1.29, 1.82) is 0 Å². The summed E-state index contributed by atoms with van der Waals surface area (Å²) in [6.07, 6.45) is 0.642. The molecule has 0 amide bonds. The van der Waals surface area contributed by atoms with Crippen molar-refractivity contribution in [3.05, 3.63) is 11.4 Å². The number of H-pyrrole nitrogens is 1. The molecule has 0 saturated heterocycles. The summed E-state index contributed by atoms with van der Waals surface area (Å²) in [4.78, 5) is 0.271. The third-order valence-electron chi connectivity index (χ3n) is 3.36. The Hall–Kier alpha value is -0.920. The highest BCUT2D eigenvalue weighted by Crippen LogP contribution is 2.21. The maximum Gasteiger partial charge on any atom is 0.246 e. The van der Waals surface area contributed by atoms with Gasteiger partial charge >= 0.3 is 0 Å². The first kappa shape index (κ1) is 16.1. The van der Waals surface area contributed by atoms with Crippen molar-refractivity contribution >= 4 is 10.0 Å². The topological polar surface area (TPSA) is 92.1 Å². The lowest BCUT2D eigenvalue weighted by molar-refractivity contribution is 0.397. The average molecular weight is 288 g/mol. The number of sulfonamides is 1. The largest absolute Gasteiger partial charge is 0.327 e. The van der Waals surface area contributed by atoms with Crippen LogP contribution in [-0.2, 0) is 10.0 Å². The molecule has 0 fully saturated rings. The van der Waals surface area contributed by atoms with Gasteiger partial charge in [-0.1, -0.05) is 13.8 Å². The van der Waals surface area contributed by atoms with Gasteiger partial charge < -0.3 is 5.73 Å². The van der Waals surface area contributed by atoms with Gasteiger partial charge in [0.05, 0.1) is 11.4 Å². The van der Waals surface area contributed by atoms with E-state index in [0.29, 0.717) is 30.3 Å². The monoisotopic (exact) mass is 288 g/mol. The number of aromatic nitrogens is 2. The number of nitrogens with two attached hydrogens (primary N) is 1. The second-order valence-corrected chi connectivity index (χ2v) is 7.27. The van der Waals surface area contributed by atoms with Crippen LogP contribution in [0.15, 0.2) is 4.90 Å². The fourth-order valence-corrected chi connectivity index (χ4v) is 3.37. The van der Waals surface area contributed by atoms with E-state index in [1.54, 1.807) is 20.9 Å². The second kappa shape index (κ2) is 6.02. The molecule has 0 saturated carbocycles. The fourth-order valence-electron chi connectivity index (χ4n) is 1.86. The first-order valence-corrected chi connectivity index (χ1v) is 7.85. The SMILES string of the molecule is Cc1n[nH]c(C)c1S(=O)(=O)N(C)CCC(N)C(C)C. The smallest absolute Gasteiger partial charge is 0.246 e. The van der Waals surface area contributed by atoms with Crippen LogP contribution in [0.3, 0.4) is 0 Å². The summed E-state index contributed by atoms with van der Waals surface area (Å²) in [5.41, 5.74) is 7.01. The van der Waals surface area contributed by atoms with Gasteiger partial charge in [-0.2, -0.15) is 5.10 Å². The standard InChI is InChI=1S/C12H24N4O2S/c1-8(2)11(13)6-7-16(5)19(17,18)12-9(3)14-15-10(12)4/h8,11H,6-7,13H2,1-5H3,(H,14,15). The molecule has 1 unspecified atom stereocenters. The van der Waals surface area contributed by atoms with Crippen LogP contribution in [0, 0.1) is 19.8 Å². The van der Waals surface area contributed by atoms with Crippen LogP contribution in [-0.4, -0.2) is 42.6 Å². The van der Waals surface area contributed by atoms with Crippen LogP contribution in [0.5, 0.6) is 0 Å². The van der Waals surface area contributed by atoms with Gasteiger partial charge in [-0.25, -0.2) is 12.7 Å². The van der Waals surface area contributed by atoms with Crippen molar-refractivity contribution in [3.63, 3.8) is 0 Å². The summed E-state index contributed by atoms with van der Waals surface area (Å²) in [6, 6.07) is 0.00388. The van der Waals surface area contributed by atoms with E-state index in [0.717, 1.165) is 0 Å². The molecule has 1 aromatic heterocycles. The van der Waals surface area contributed by atoms with E-state index in [1.807, 2.05) is 13.8 Å². The second-order valence-electron chi connectivity index (χ2n) is 5.29. The van der Waals surface area contributed by atoms with Gasteiger partial charge in [-0.05, 0) is 26.2 Å². The lowest BCUT2D eigenvalue weighted by atomic mass is 10.0. The summed E-state index contributed by atoms with van der Waals surface area (Å²) in [6.45, 7) is 7.86. The number of nitrogens with one attached hydrogen (secondary N) is 1. The van der Waals surface area contributed by atoms with Crippen molar-refractivity contribution in [1.82, 2.24) is 14.5 Å². The maximum atomic E-state index is 12.4. The zero-order valence-electron chi connectivity index (χ0n) is 12.3. The predicted molar refractivity (Wildman–Crippen MR) is 75.3 cm³/mol. The first-order valence-electron chi connectivity index (χ1n) is 6.41. The quantitative estimate of drug-likeness (QED) is 0.817. The Labute approximate surface area is 115 Å². The van der Waals surface area contributed by atoms with E-state index in [9.17, 15) is 8.42 Å². The molecular weight excluding hydrogens is 264 g/mol. The lowest BCUT2D eigenvalue weighted by Gasteiger charge is -2.21. The lowest BCUT2D eigenvalue weighted by Crippen LogP contribution is -2.35. The fraction of sp³-hybridized carbons (Fsp3) is 0.750. The first-order chi connectivity index (χ1) is 8.67. The molecule has 7 heteroatoms. The summed E-state index contributed by atoms with van der Waals surface area (Å²) >= 11 is 0. The van der Waals surface area contributed by atoms with Gasteiger partial charge in [0.25, 0.3) is 0 Å². The molecule has 6 nitrogen and oxygen atoms in total. The summed E-state index contributed by atoms with van der Waals surface area (Å²) in [5.74, 6) is 0.341. The highest BCUT2D eigenvalue weighted by Gasteiger charge is 2.27. The van der Waals surface area contributed by atoms with Crippen molar-refractivity contribution in [2.45, 2.75) is 45.1 Å². The molecule has 0 aromatic carbocycles.